The van der Waals surface area contributed by atoms with Crippen LogP contribution < -0.4 is 24.8 Å². The molecule has 13 nitrogen and oxygen atoms in total. The Bertz CT molecular complexity index is 2450. The van der Waals surface area contributed by atoms with Gasteiger partial charge in [-0.05, 0) is 61.9 Å². The number of fused-ring (bicyclic) bond motifs is 1. The molecule has 0 radical (unpaired) electrons. The molecule has 1 saturated heterocycles. The molecular formula is C40H45Cl3F2N6O7S2. The number of nitrogens with zero attached hydrogens (tertiary/aromatic N) is 3. The maximum Gasteiger partial charge on any atom is 0.259 e. The molecule has 2 aromatic heterocycles. The van der Waals surface area contributed by atoms with Crippen molar-refractivity contribution in [1.82, 2.24) is 24.9 Å². The number of pyridine rings is 1. The van der Waals surface area contributed by atoms with Crippen LogP contribution in [0.5, 0.6) is 11.6 Å². The summed E-state index contributed by atoms with van der Waals surface area (Å²) >= 11 is 7.55. The average Bonchev–Trinajstić information content (AvgIpc) is 4.06. The number of aryl methyl sites for hydroxylation is 1. The number of thiazole rings is 1. The van der Waals surface area contributed by atoms with Gasteiger partial charge in [-0.1, -0.05) is 38.4 Å². The topological polar surface area (TPSA) is 169 Å². The molecule has 1 aliphatic heterocycles. The number of carbonyl (C=O) groups excluding carboxylic acids is 3. The third-order valence-corrected chi connectivity index (χ3v) is 13.7. The molecule has 3 heterocycles. The molecule has 3 amide bonds. The maximum atomic E-state index is 14.9. The van der Waals surface area contributed by atoms with E-state index in [-0.39, 0.29) is 61.3 Å². The zero-order chi connectivity index (χ0) is 41.9. The highest BCUT2D eigenvalue weighted by molar-refractivity contribution is 7.91. The molecule has 4 aromatic rings. The van der Waals surface area contributed by atoms with E-state index in [1.54, 1.807) is 25.1 Å². The molecule has 5 atom stereocenters. The predicted octanol–water partition coefficient (Wildman–Crippen LogP) is 6.99. The Balaban J connectivity index is 0.00000341. The molecule has 2 saturated carbocycles. The third-order valence-electron chi connectivity index (χ3n) is 10.7. The predicted molar refractivity (Wildman–Crippen MR) is 231 cm³/mol. The van der Waals surface area contributed by atoms with Crippen molar-refractivity contribution in [2.45, 2.75) is 82.4 Å². The number of hydrogen-bond acceptors (Lipinski definition) is 11. The van der Waals surface area contributed by atoms with Crippen LogP contribution in [0.2, 0.25) is 5.02 Å². The number of halogens is 5. The number of aromatic nitrogens is 2. The van der Waals surface area contributed by atoms with Gasteiger partial charge in [-0.25, -0.2) is 27.2 Å². The summed E-state index contributed by atoms with van der Waals surface area (Å²) in [5, 5.41) is 7.28. The van der Waals surface area contributed by atoms with Gasteiger partial charge in [0.15, 0.2) is 5.13 Å². The van der Waals surface area contributed by atoms with Crippen LogP contribution in [0.4, 0.5) is 13.9 Å². The van der Waals surface area contributed by atoms with Crippen molar-refractivity contribution in [2.75, 3.05) is 19.0 Å². The highest BCUT2D eigenvalue weighted by Crippen LogP contribution is 2.46. The number of anilines is 1. The lowest BCUT2D eigenvalue weighted by Crippen LogP contribution is -2.58. The second-order valence-corrected chi connectivity index (χ2v) is 19.6. The van der Waals surface area contributed by atoms with E-state index in [0.717, 1.165) is 12.1 Å². The highest BCUT2D eigenvalue weighted by Gasteiger charge is 2.62. The van der Waals surface area contributed by atoms with Crippen molar-refractivity contribution in [1.29, 1.82) is 0 Å². The summed E-state index contributed by atoms with van der Waals surface area (Å²) < 4.78 is 68.2. The zero-order valence-electron chi connectivity index (χ0n) is 33.2. The Morgan fingerprint density at radius 1 is 1.12 bits per heavy atom. The number of nitrogens with one attached hydrogen (secondary N) is 3. The van der Waals surface area contributed by atoms with E-state index in [4.69, 9.17) is 21.1 Å². The fourth-order valence-electron chi connectivity index (χ4n) is 7.30. The Kier molecular flexibility index (Phi) is 13.7. The number of benzene rings is 2. The number of amides is 3. The summed E-state index contributed by atoms with van der Waals surface area (Å²) in [4.78, 5) is 54.0. The number of ether oxygens (including phenoxy) is 2. The number of hydrogen-bond donors (Lipinski definition) is 3. The molecule has 7 rings (SSSR count). The number of rotatable bonds is 13. The minimum Gasteiger partial charge on any atom is -0.494 e. The van der Waals surface area contributed by atoms with E-state index in [1.165, 1.54) is 41.7 Å². The second-order valence-electron chi connectivity index (χ2n) is 16.0. The van der Waals surface area contributed by atoms with Crippen molar-refractivity contribution in [3.05, 3.63) is 76.8 Å². The van der Waals surface area contributed by atoms with Crippen LogP contribution in [0.15, 0.2) is 55.3 Å². The SMILES string of the molecule is C=C[C@@H]1C[C@]1(NC(=O)[C@@H]1C[C@@H](Oc2ncc(OC)c3ccc(Cl)cc23)CN1C(=O)[C@@H](Nc1nc(-c2ccc(F)cc2F)c(C)s1)C(C)(C)C)C(=O)NS(=O)(=O)C1CC1.Cl.Cl. The first-order chi connectivity index (χ1) is 27.3. The van der Waals surface area contributed by atoms with Crippen molar-refractivity contribution < 1.29 is 41.1 Å². The fraction of sp³-hybridized carbons (Fsp3) is 0.425. The Morgan fingerprint density at radius 2 is 1.83 bits per heavy atom. The van der Waals surface area contributed by atoms with Crippen LogP contribution in [0, 0.1) is 29.9 Å². The van der Waals surface area contributed by atoms with Crippen LogP contribution in [0.1, 0.15) is 51.3 Å². The van der Waals surface area contributed by atoms with Gasteiger partial charge in [0.25, 0.3) is 5.91 Å². The van der Waals surface area contributed by atoms with E-state index >= 15 is 0 Å². The number of likely N-dealkylation sites (tertiary alicyclic amines) is 1. The molecule has 20 heteroatoms. The molecule has 2 aromatic carbocycles. The van der Waals surface area contributed by atoms with Gasteiger partial charge >= 0.3 is 0 Å². The van der Waals surface area contributed by atoms with Crippen LogP contribution in [-0.2, 0) is 24.4 Å². The standard InChI is InChI=1S/C40H43ClF2N6O7S2.2ClH/c1-7-21-17-40(21,37(52)48-58(53,54)25-10-11-25)47-34(50)30-16-24(56-35-28-14-22(41)8-12-26(28)31(55-6)18-44-35)19-49(30)36(51)33(39(3,4)5)46-38-45-32(20(2)57-38)27-13-9-23(42)15-29(27)43;;/h7-9,12-15,18,21,24-25,30,33H,1,10-11,16-17,19H2,2-6H3,(H,45,46)(H,47,50)(H,48,52);2*1H/t21-,24-,30+,33-,40-;;/m1../s1. The normalized spacial score (nSPS) is 21.5. The van der Waals surface area contributed by atoms with Crippen molar-refractivity contribution in [3.63, 3.8) is 0 Å². The van der Waals surface area contributed by atoms with Crippen LogP contribution in [-0.4, -0.2) is 83.6 Å². The third kappa shape index (κ3) is 9.29. The van der Waals surface area contributed by atoms with Gasteiger partial charge in [0, 0.05) is 44.6 Å². The molecule has 3 fully saturated rings. The lowest BCUT2D eigenvalue weighted by molar-refractivity contribution is -0.141. The van der Waals surface area contributed by atoms with Crippen LogP contribution in [0.25, 0.3) is 22.0 Å². The number of methoxy groups -OCH3 is 1. The van der Waals surface area contributed by atoms with Crippen molar-refractivity contribution >= 4 is 91.4 Å². The van der Waals surface area contributed by atoms with E-state index in [2.05, 4.69) is 31.9 Å². The highest BCUT2D eigenvalue weighted by atomic mass is 35.5. The Labute approximate surface area is 367 Å². The summed E-state index contributed by atoms with van der Waals surface area (Å²) in [6.07, 6.45) is 3.16. The monoisotopic (exact) mass is 928 g/mol. The Morgan fingerprint density at radius 3 is 2.45 bits per heavy atom. The van der Waals surface area contributed by atoms with E-state index in [1.807, 2.05) is 20.8 Å². The number of carbonyl (C=O) groups is 3. The molecule has 2 aliphatic carbocycles. The van der Waals surface area contributed by atoms with E-state index in [9.17, 15) is 31.6 Å². The first-order valence-corrected chi connectivity index (χ1v) is 21.4. The first-order valence-electron chi connectivity index (χ1n) is 18.6. The maximum absolute atomic E-state index is 14.9. The van der Waals surface area contributed by atoms with Crippen molar-refractivity contribution in [3.8, 4) is 22.9 Å². The van der Waals surface area contributed by atoms with Gasteiger partial charge in [0.2, 0.25) is 27.7 Å². The smallest absolute Gasteiger partial charge is 0.259 e. The minimum absolute atomic E-state index is 0. The van der Waals surface area contributed by atoms with Gasteiger partial charge in [-0.3, -0.25) is 19.1 Å². The summed E-state index contributed by atoms with van der Waals surface area (Å²) in [5.41, 5.74) is -2.00. The summed E-state index contributed by atoms with van der Waals surface area (Å²) in [6, 6.07) is 6.17. The summed E-state index contributed by atoms with van der Waals surface area (Å²) in [6.45, 7) is 10.9. The second kappa shape index (κ2) is 17.6. The van der Waals surface area contributed by atoms with Gasteiger partial charge in [0.05, 0.1) is 30.8 Å². The van der Waals surface area contributed by atoms with E-state index in [0.29, 0.717) is 44.4 Å². The fourth-order valence-corrected chi connectivity index (χ4v) is 9.69. The molecule has 3 aliphatic rings. The van der Waals surface area contributed by atoms with Crippen LogP contribution >= 0.6 is 47.8 Å². The van der Waals surface area contributed by atoms with Gasteiger partial charge in [0.1, 0.15) is 41.1 Å². The molecule has 0 bridgehead atoms. The lowest BCUT2D eigenvalue weighted by atomic mass is 9.85. The molecule has 60 heavy (non-hydrogen) atoms. The van der Waals surface area contributed by atoms with Gasteiger partial charge < -0.3 is 25.0 Å². The van der Waals surface area contributed by atoms with Gasteiger partial charge in [-0.2, -0.15) is 0 Å². The lowest BCUT2D eigenvalue weighted by Gasteiger charge is -2.35. The van der Waals surface area contributed by atoms with Gasteiger partial charge in [-0.15, -0.1) is 42.7 Å². The molecule has 324 valence electrons. The molecule has 0 spiro atoms. The van der Waals surface area contributed by atoms with Crippen LogP contribution in [0.3, 0.4) is 0 Å². The van der Waals surface area contributed by atoms with Crippen molar-refractivity contribution in [2.24, 2.45) is 11.3 Å². The zero-order valence-corrected chi connectivity index (χ0v) is 37.2. The minimum atomic E-state index is -3.94. The molecule has 0 unspecified atom stereocenters. The molecular weight excluding hydrogens is 885 g/mol. The summed E-state index contributed by atoms with van der Waals surface area (Å²) in [7, 11) is -2.43. The summed E-state index contributed by atoms with van der Waals surface area (Å²) in [5.74, 6) is -3.45. The quantitative estimate of drug-likeness (QED) is 0.119. The number of sulfonamides is 1. The Hall–Kier alpha value is -4.29. The van der Waals surface area contributed by atoms with E-state index < -0.39 is 79.7 Å². The largest absolute Gasteiger partial charge is 0.494 e. The molecule has 3 N–H and O–H groups in total. The average molecular weight is 930 g/mol. The first kappa shape index (κ1) is 46.8.